The van der Waals surface area contributed by atoms with E-state index in [4.69, 9.17) is 0 Å². The minimum atomic E-state index is -2.80. The summed E-state index contributed by atoms with van der Waals surface area (Å²) >= 11 is 0. The van der Waals surface area contributed by atoms with Crippen LogP contribution in [0.15, 0.2) is 0 Å². The molecule has 0 saturated heterocycles. The first-order chi connectivity index (χ1) is 6.78. The van der Waals surface area contributed by atoms with Crippen molar-refractivity contribution in [2.45, 2.75) is 45.1 Å². The Kier molecular flexibility index (Phi) is 5.60. The van der Waals surface area contributed by atoms with Gasteiger partial charge in [0.25, 0.3) is 6.47 Å². The van der Waals surface area contributed by atoms with Gasteiger partial charge in [0, 0.05) is 18.8 Å². The van der Waals surface area contributed by atoms with Crippen LogP contribution in [0.1, 0.15) is 26.7 Å². The largest absolute Gasteiger partial charge is 0.465 e. The standard InChI is InChI=1S/C5H6F4.C4H8O2/c6-4(7)3-1-5(8,9)2-3;1-4(2)6-3-5/h3-4H,1-2H2;3-4H,1-2H3. The number of carbonyl (C=O) groups is 1. The number of hydrogen-bond acceptors (Lipinski definition) is 2. The van der Waals surface area contributed by atoms with Gasteiger partial charge in [0.05, 0.1) is 6.10 Å². The molecule has 0 aromatic heterocycles. The van der Waals surface area contributed by atoms with Crippen LogP contribution in [0, 0.1) is 5.92 Å². The molecule has 0 aliphatic heterocycles. The highest BCUT2D eigenvalue weighted by atomic mass is 19.3. The summed E-state index contributed by atoms with van der Waals surface area (Å²) in [5.41, 5.74) is 0. The summed E-state index contributed by atoms with van der Waals surface area (Å²) in [5.74, 6) is -3.86. The van der Waals surface area contributed by atoms with E-state index >= 15 is 0 Å². The van der Waals surface area contributed by atoms with Crippen LogP contribution in [-0.2, 0) is 9.53 Å². The third-order valence-corrected chi connectivity index (χ3v) is 1.81. The second-order valence-corrected chi connectivity index (χ2v) is 3.64. The molecule has 0 bridgehead atoms. The van der Waals surface area contributed by atoms with E-state index in [0.29, 0.717) is 6.47 Å². The van der Waals surface area contributed by atoms with Crippen LogP contribution in [0.2, 0.25) is 0 Å². The van der Waals surface area contributed by atoms with Crippen molar-refractivity contribution in [1.82, 2.24) is 0 Å². The summed E-state index contributed by atoms with van der Waals surface area (Å²) in [6.07, 6.45) is -3.80. The van der Waals surface area contributed by atoms with Crippen LogP contribution in [-0.4, -0.2) is 24.9 Å². The van der Waals surface area contributed by atoms with Gasteiger partial charge in [-0.25, -0.2) is 17.6 Å². The van der Waals surface area contributed by atoms with Gasteiger partial charge in [0.15, 0.2) is 0 Å². The Morgan fingerprint density at radius 1 is 1.33 bits per heavy atom. The van der Waals surface area contributed by atoms with Gasteiger partial charge in [-0.15, -0.1) is 0 Å². The van der Waals surface area contributed by atoms with Crippen molar-refractivity contribution >= 4 is 6.47 Å². The van der Waals surface area contributed by atoms with E-state index in [1.807, 2.05) is 0 Å². The number of carbonyl (C=O) groups excluding carboxylic acids is 1. The third-order valence-electron chi connectivity index (χ3n) is 1.81. The monoisotopic (exact) mass is 230 g/mol. The highest BCUT2D eigenvalue weighted by molar-refractivity contribution is 5.37. The Morgan fingerprint density at radius 2 is 1.80 bits per heavy atom. The Balaban J connectivity index is 0.000000288. The van der Waals surface area contributed by atoms with E-state index in [1.165, 1.54) is 0 Å². The van der Waals surface area contributed by atoms with Crippen molar-refractivity contribution < 1.29 is 27.1 Å². The van der Waals surface area contributed by atoms with Crippen molar-refractivity contribution in [1.29, 1.82) is 0 Å². The lowest BCUT2D eigenvalue weighted by Gasteiger charge is -2.33. The summed E-state index contributed by atoms with van der Waals surface area (Å²) in [6, 6.07) is 0. The maximum absolute atomic E-state index is 11.8. The topological polar surface area (TPSA) is 26.3 Å². The number of ether oxygens (including phenoxy) is 1. The van der Waals surface area contributed by atoms with Gasteiger partial charge in [-0.05, 0) is 13.8 Å². The Hall–Kier alpha value is -0.810. The van der Waals surface area contributed by atoms with Crippen molar-refractivity contribution in [3.8, 4) is 0 Å². The predicted molar refractivity (Wildman–Crippen MR) is 46.0 cm³/mol. The molecule has 6 heteroatoms. The van der Waals surface area contributed by atoms with Crippen molar-refractivity contribution in [2.24, 2.45) is 5.92 Å². The van der Waals surface area contributed by atoms with E-state index < -0.39 is 31.1 Å². The molecule has 0 unspecified atom stereocenters. The number of halogens is 4. The van der Waals surface area contributed by atoms with Gasteiger partial charge in [-0.3, -0.25) is 4.79 Å². The lowest BCUT2D eigenvalue weighted by atomic mass is 9.82. The molecule has 15 heavy (non-hydrogen) atoms. The molecule has 90 valence electrons. The lowest BCUT2D eigenvalue weighted by molar-refractivity contribution is -0.149. The van der Waals surface area contributed by atoms with E-state index in [-0.39, 0.29) is 6.10 Å². The predicted octanol–water partition coefficient (Wildman–Crippen LogP) is 2.86. The van der Waals surface area contributed by atoms with Crippen LogP contribution in [0.4, 0.5) is 17.6 Å². The molecule has 0 N–H and O–H groups in total. The smallest absolute Gasteiger partial charge is 0.293 e. The molecule has 1 rings (SSSR count). The molecule has 0 atom stereocenters. The first-order valence-corrected chi connectivity index (χ1v) is 4.53. The molecule has 0 aromatic rings. The third kappa shape index (κ3) is 6.30. The Labute approximate surface area is 85.6 Å². The zero-order chi connectivity index (χ0) is 12.1. The highest BCUT2D eigenvalue weighted by Gasteiger charge is 2.49. The highest BCUT2D eigenvalue weighted by Crippen LogP contribution is 2.45. The van der Waals surface area contributed by atoms with Gasteiger partial charge in [0.2, 0.25) is 12.3 Å². The molecule has 1 fully saturated rings. The molecule has 1 saturated carbocycles. The molecule has 2 nitrogen and oxygen atoms in total. The molecule has 1 aliphatic rings. The van der Waals surface area contributed by atoms with Crippen LogP contribution in [0.5, 0.6) is 0 Å². The Bertz CT molecular complexity index is 187. The van der Waals surface area contributed by atoms with Crippen molar-refractivity contribution in [3.05, 3.63) is 0 Å². The number of hydrogen-bond donors (Lipinski definition) is 0. The van der Waals surface area contributed by atoms with Gasteiger partial charge < -0.3 is 4.74 Å². The molecule has 0 amide bonds. The molecule has 0 spiro atoms. The molecule has 0 heterocycles. The fraction of sp³-hybridized carbons (Fsp3) is 0.889. The minimum Gasteiger partial charge on any atom is -0.465 e. The van der Waals surface area contributed by atoms with Crippen LogP contribution in [0.25, 0.3) is 0 Å². The normalized spacial score (nSPS) is 19.2. The first-order valence-electron chi connectivity index (χ1n) is 4.53. The fourth-order valence-electron chi connectivity index (χ4n) is 0.997. The first kappa shape index (κ1) is 14.2. The van der Waals surface area contributed by atoms with E-state index in [1.54, 1.807) is 13.8 Å². The van der Waals surface area contributed by atoms with Gasteiger partial charge in [0.1, 0.15) is 0 Å². The number of alkyl halides is 4. The van der Waals surface area contributed by atoms with Crippen LogP contribution in [0.3, 0.4) is 0 Å². The summed E-state index contributed by atoms with van der Waals surface area (Å²) in [7, 11) is 0. The molecular formula is C9H14F4O2. The second kappa shape index (κ2) is 5.92. The van der Waals surface area contributed by atoms with Gasteiger partial charge >= 0.3 is 0 Å². The minimum absolute atomic E-state index is 0.0301. The van der Waals surface area contributed by atoms with Crippen molar-refractivity contribution in [2.75, 3.05) is 0 Å². The van der Waals surface area contributed by atoms with E-state index in [9.17, 15) is 22.4 Å². The average molecular weight is 230 g/mol. The SMILES string of the molecule is CC(C)OC=O.FC(F)C1CC(F)(F)C1. The zero-order valence-corrected chi connectivity index (χ0v) is 8.55. The van der Waals surface area contributed by atoms with Crippen molar-refractivity contribution in [3.63, 3.8) is 0 Å². The van der Waals surface area contributed by atoms with E-state index in [2.05, 4.69) is 4.74 Å². The summed E-state index contributed by atoms with van der Waals surface area (Å²) in [6.45, 7) is 4.05. The number of rotatable bonds is 3. The average Bonchev–Trinajstić information content (AvgIpc) is 2.00. The van der Waals surface area contributed by atoms with Gasteiger partial charge in [-0.1, -0.05) is 0 Å². The molecule has 0 radical (unpaired) electrons. The fourth-order valence-corrected chi connectivity index (χ4v) is 0.997. The zero-order valence-electron chi connectivity index (χ0n) is 8.55. The molecule has 0 aromatic carbocycles. The summed E-state index contributed by atoms with van der Waals surface area (Å²) in [4.78, 5) is 9.39. The maximum atomic E-state index is 11.8. The van der Waals surface area contributed by atoms with Crippen LogP contribution >= 0.6 is 0 Å². The van der Waals surface area contributed by atoms with E-state index in [0.717, 1.165) is 0 Å². The van der Waals surface area contributed by atoms with Crippen LogP contribution < -0.4 is 0 Å². The Morgan fingerprint density at radius 3 is 1.87 bits per heavy atom. The second-order valence-electron chi connectivity index (χ2n) is 3.64. The quantitative estimate of drug-likeness (QED) is 0.550. The van der Waals surface area contributed by atoms with Gasteiger partial charge in [-0.2, -0.15) is 0 Å². The maximum Gasteiger partial charge on any atom is 0.293 e. The summed E-state index contributed by atoms with van der Waals surface area (Å²) < 4.78 is 51.0. The molecule has 1 aliphatic carbocycles. The lowest BCUT2D eigenvalue weighted by Crippen LogP contribution is -2.39. The molecular weight excluding hydrogens is 216 g/mol. The summed E-state index contributed by atoms with van der Waals surface area (Å²) in [5, 5.41) is 0.